The highest BCUT2D eigenvalue weighted by molar-refractivity contribution is 4.97. The number of hydrogen-bond donors (Lipinski definition) is 0. The summed E-state index contributed by atoms with van der Waals surface area (Å²) in [5.74, 6) is 0.321. The molecular weight excluding hydrogens is 253 g/mol. The van der Waals surface area contributed by atoms with Gasteiger partial charge in [0.05, 0.1) is 6.04 Å². The molecule has 0 aromatic carbocycles. The van der Waals surface area contributed by atoms with Gasteiger partial charge in [0.2, 0.25) is 0 Å². The van der Waals surface area contributed by atoms with Crippen LogP contribution in [0.1, 0.15) is 33.6 Å². The van der Waals surface area contributed by atoms with E-state index in [2.05, 4.69) is 18.7 Å². The van der Waals surface area contributed by atoms with E-state index in [1.807, 2.05) is 11.8 Å². The Morgan fingerprint density at radius 2 is 1.84 bits per heavy atom. The van der Waals surface area contributed by atoms with Gasteiger partial charge >= 0.3 is 0 Å². The summed E-state index contributed by atoms with van der Waals surface area (Å²) in [5.41, 5.74) is 0. The Morgan fingerprint density at radius 3 is 2.26 bits per heavy atom. The molecule has 19 heavy (non-hydrogen) atoms. The van der Waals surface area contributed by atoms with Gasteiger partial charge in [-0.3, -0.25) is 9.80 Å². The standard InChI is InChI=1S/C14H25F3N2/c1-9(2)19-8-11(13(19)7-15)6-10(3)18-5-4-12(18)14(16)17/h9-14H,4-8H2,1-3H3. The molecule has 0 aromatic heterocycles. The van der Waals surface area contributed by atoms with E-state index in [0.29, 0.717) is 18.4 Å². The van der Waals surface area contributed by atoms with Gasteiger partial charge in [0.1, 0.15) is 6.67 Å². The van der Waals surface area contributed by atoms with Crippen LogP contribution in [0.2, 0.25) is 0 Å². The maximum absolute atomic E-state index is 13.1. The molecule has 0 aliphatic carbocycles. The first-order valence-corrected chi connectivity index (χ1v) is 7.31. The average Bonchev–Trinajstić information content (AvgIpc) is 2.21. The number of rotatable bonds is 6. The Kier molecular flexibility index (Phi) is 4.77. The van der Waals surface area contributed by atoms with Crippen molar-refractivity contribution in [1.82, 2.24) is 9.80 Å². The predicted molar refractivity (Wildman–Crippen MR) is 70.3 cm³/mol. The van der Waals surface area contributed by atoms with E-state index in [1.165, 1.54) is 0 Å². The summed E-state index contributed by atoms with van der Waals surface area (Å²) in [6, 6.07) is -0.0694. The van der Waals surface area contributed by atoms with Gasteiger partial charge in [-0.1, -0.05) is 0 Å². The fraction of sp³-hybridized carbons (Fsp3) is 1.00. The topological polar surface area (TPSA) is 6.48 Å². The molecule has 4 atom stereocenters. The third kappa shape index (κ3) is 2.92. The number of hydrogen-bond acceptors (Lipinski definition) is 2. The summed E-state index contributed by atoms with van der Waals surface area (Å²) >= 11 is 0. The summed E-state index contributed by atoms with van der Waals surface area (Å²) in [6.45, 7) is 7.49. The van der Waals surface area contributed by atoms with Gasteiger partial charge in [-0.2, -0.15) is 0 Å². The first kappa shape index (κ1) is 15.1. The Hall–Kier alpha value is -0.290. The lowest BCUT2D eigenvalue weighted by Gasteiger charge is -2.52. The van der Waals surface area contributed by atoms with Crippen LogP contribution in [0.4, 0.5) is 13.2 Å². The number of alkyl halides is 3. The monoisotopic (exact) mass is 278 g/mol. The minimum absolute atomic E-state index is 0.00581. The molecule has 2 saturated heterocycles. The van der Waals surface area contributed by atoms with Crippen LogP contribution < -0.4 is 0 Å². The van der Waals surface area contributed by atoms with Crippen molar-refractivity contribution >= 4 is 0 Å². The van der Waals surface area contributed by atoms with E-state index in [-0.39, 0.29) is 18.8 Å². The van der Waals surface area contributed by atoms with Gasteiger partial charge in [-0.15, -0.1) is 0 Å². The zero-order chi connectivity index (χ0) is 14.2. The minimum Gasteiger partial charge on any atom is -0.295 e. The second kappa shape index (κ2) is 6.00. The van der Waals surface area contributed by atoms with Gasteiger partial charge in [0.15, 0.2) is 0 Å². The van der Waals surface area contributed by atoms with Crippen molar-refractivity contribution in [3.63, 3.8) is 0 Å². The SMILES string of the molecule is CC(C)N1CC(CC(C)N2CCC2C(F)F)C1CF. The Labute approximate surface area is 113 Å². The number of nitrogens with zero attached hydrogens (tertiary/aromatic N) is 2. The van der Waals surface area contributed by atoms with Crippen molar-refractivity contribution in [1.29, 1.82) is 0 Å². The highest BCUT2D eigenvalue weighted by Crippen LogP contribution is 2.35. The van der Waals surface area contributed by atoms with Crippen molar-refractivity contribution in [2.45, 2.75) is 64.2 Å². The molecule has 0 N–H and O–H groups in total. The van der Waals surface area contributed by atoms with E-state index >= 15 is 0 Å². The first-order chi connectivity index (χ1) is 8.95. The molecule has 2 heterocycles. The average molecular weight is 278 g/mol. The van der Waals surface area contributed by atoms with Crippen LogP contribution in [0.5, 0.6) is 0 Å². The molecule has 2 aliphatic heterocycles. The van der Waals surface area contributed by atoms with Crippen molar-refractivity contribution < 1.29 is 13.2 Å². The van der Waals surface area contributed by atoms with Gasteiger partial charge in [0.25, 0.3) is 6.43 Å². The largest absolute Gasteiger partial charge is 0.295 e. The van der Waals surface area contributed by atoms with E-state index in [1.54, 1.807) is 0 Å². The van der Waals surface area contributed by atoms with Gasteiger partial charge < -0.3 is 0 Å². The van der Waals surface area contributed by atoms with Crippen LogP contribution in [0.15, 0.2) is 0 Å². The third-order valence-electron chi connectivity index (χ3n) is 4.85. The van der Waals surface area contributed by atoms with E-state index in [9.17, 15) is 13.2 Å². The minimum atomic E-state index is -2.25. The van der Waals surface area contributed by atoms with E-state index < -0.39 is 12.5 Å². The molecule has 112 valence electrons. The molecule has 0 saturated carbocycles. The highest BCUT2D eigenvalue weighted by Gasteiger charge is 2.44. The maximum atomic E-state index is 13.1. The van der Waals surface area contributed by atoms with E-state index in [0.717, 1.165) is 19.5 Å². The Bertz CT molecular complexity index is 282. The van der Waals surface area contributed by atoms with Crippen LogP contribution in [-0.2, 0) is 0 Å². The zero-order valence-electron chi connectivity index (χ0n) is 12.0. The predicted octanol–water partition coefficient (Wildman–Crippen LogP) is 2.78. The van der Waals surface area contributed by atoms with Crippen LogP contribution in [0.3, 0.4) is 0 Å². The summed E-state index contributed by atoms with van der Waals surface area (Å²) in [7, 11) is 0. The second-order valence-corrected chi connectivity index (χ2v) is 6.29. The summed E-state index contributed by atoms with van der Waals surface area (Å²) < 4.78 is 38.5. The fourth-order valence-electron chi connectivity index (χ4n) is 3.52. The quantitative estimate of drug-likeness (QED) is 0.737. The van der Waals surface area contributed by atoms with Crippen molar-refractivity contribution in [2.24, 2.45) is 5.92 Å². The molecule has 2 rings (SSSR count). The summed E-state index contributed by atoms with van der Waals surface area (Å²) in [5, 5.41) is 0. The first-order valence-electron chi connectivity index (χ1n) is 7.31. The summed E-state index contributed by atoms with van der Waals surface area (Å²) in [4.78, 5) is 4.05. The molecule has 0 bridgehead atoms. The van der Waals surface area contributed by atoms with Crippen LogP contribution in [-0.4, -0.2) is 60.2 Å². The Balaban J connectivity index is 1.82. The fourth-order valence-corrected chi connectivity index (χ4v) is 3.52. The lowest BCUT2D eigenvalue weighted by Crippen LogP contribution is -2.62. The van der Waals surface area contributed by atoms with Gasteiger partial charge in [-0.05, 0) is 39.5 Å². The molecule has 0 amide bonds. The second-order valence-electron chi connectivity index (χ2n) is 6.29. The van der Waals surface area contributed by atoms with Crippen LogP contribution >= 0.6 is 0 Å². The van der Waals surface area contributed by atoms with E-state index in [4.69, 9.17) is 0 Å². The summed E-state index contributed by atoms with van der Waals surface area (Å²) in [6.07, 6.45) is -0.819. The van der Waals surface area contributed by atoms with Crippen molar-refractivity contribution in [3.8, 4) is 0 Å². The van der Waals surface area contributed by atoms with Crippen LogP contribution in [0, 0.1) is 5.92 Å². The Morgan fingerprint density at radius 1 is 1.16 bits per heavy atom. The number of halogens is 3. The van der Waals surface area contributed by atoms with Gasteiger partial charge in [-0.25, -0.2) is 13.2 Å². The molecular formula is C14H25F3N2. The number of likely N-dealkylation sites (tertiary alicyclic amines) is 2. The molecule has 0 radical (unpaired) electrons. The zero-order valence-corrected chi connectivity index (χ0v) is 12.0. The molecule has 2 fully saturated rings. The van der Waals surface area contributed by atoms with Crippen molar-refractivity contribution in [2.75, 3.05) is 19.8 Å². The molecule has 0 aromatic rings. The normalized spacial score (nSPS) is 34.4. The molecule has 2 aliphatic rings. The third-order valence-corrected chi connectivity index (χ3v) is 4.85. The molecule has 2 nitrogen and oxygen atoms in total. The lowest BCUT2D eigenvalue weighted by atomic mass is 9.82. The smallest absolute Gasteiger partial charge is 0.253 e. The van der Waals surface area contributed by atoms with Gasteiger partial charge in [0, 0.05) is 31.2 Å². The molecule has 0 spiro atoms. The lowest BCUT2D eigenvalue weighted by molar-refractivity contribution is -0.0802. The van der Waals surface area contributed by atoms with Crippen LogP contribution in [0.25, 0.3) is 0 Å². The molecule has 4 unspecified atom stereocenters. The molecule has 5 heteroatoms. The van der Waals surface area contributed by atoms with Crippen molar-refractivity contribution in [3.05, 3.63) is 0 Å². The maximum Gasteiger partial charge on any atom is 0.253 e. The highest BCUT2D eigenvalue weighted by atomic mass is 19.3.